The maximum atomic E-state index is 12.2. The second-order valence-corrected chi connectivity index (χ2v) is 10.9. The van der Waals surface area contributed by atoms with Crippen molar-refractivity contribution < 1.29 is 48.2 Å². The predicted octanol–water partition coefficient (Wildman–Crippen LogP) is 3.00. The Kier molecular flexibility index (Phi) is 13.3. The number of carbonyl (C=O) groups is 1. The largest absolute Gasteiger partial charge is 0.491 e. The predicted molar refractivity (Wildman–Crippen MR) is 163 cm³/mol. The molecule has 2 aromatic rings. The number of piperidine rings is 1. The van der Waals surface area contributed by atoms with Gasteiger partial charge in [0, 0.05) is 40.4 Å². The van der Waals surface area contributed by atoms with Crippen molar-refractivity contribution in [2.75, 3.05) is 92.0 Å². The molecule has 1 saturated heterocycles. The molecule has 0 spiro atoms. The van der Waals surface area contributed by atoms with Gasteiger partial charge in [-0.25, -0.2) is 4.79 Å². The van der Waals surface area contributed by atoms with E-state index in [1.807, 2.05) is 36.4 Å². The van der Waals surface area contributed by atoms with Crippen LogP contribution in [-0.4, -0.2) is 127 Å². The first-order valence-electron chi connectivity index (χ1n) is 15.0. The maximum absolute atomic E-state index is 12.2. The molecule has 44 heavy (non-hydrogen) atoms. The Balaban J connectivity index is 1.55. The van der Waals surface area contributed by atoms with Crippen LogP contribution in [0.25, 0.3) is 0 Å². The van der Waals surface area contributed by atoms with Gasteiger partial charge in [0.05, 0.1) is 64.0 Å². The lowest BCUT2D eigenvalue weighted by atomic mass is 9.84. The smallest absolute Gasteiger partial charge is 0.407 e. The molecular formula is C32H46N2O10. The lowest BCUT2D eigenvalue weighted by Crippen LogP contribution is -2.54. The molecule has 4 rings (SSSR count). The summed E-state index contributed by atoms with van der Waals surface area (Å²) in [5.41, 5.74) is 2.89. The molecule has 0 aliphatic carbocycles. The van der Waals surface area contributed by atoms with Gasteiger partial charge in [-0.3, -0.25) is 0 Å². The van der Waals surface area contributed by atoms with Crippen molar-refractivity contribution >= 4 is 11.8 Å². The van der Waals surface area contributed by atoms with E-state index in [-0.39, 0.29) is 38.8 Å². The average Bonchev–Trinajstić information content (AvgIpc) is 3.03. The molecule has 12 heteroatoms. The number of ether oxygens (including phenoxy) is 7. The van der Waals surface area contributed by atoms with Gasteiger partial charge in [-0.15, -0.1) is 0 Å². The minimum atomic E-state index is -1.05. The number of methoxy groups -OCH3 is 3. The van der Waals surface area contributed by atoms with Crippen LogP contribution in [0.4, 0.5) is 10.5 Å². The molecule has 12 nitrogen and oxygen atoms in total. The van der Waals surface area contributed by atoms with Gasteiger partial charge in [0.25, 0.3) is 0 Å². The number of aliphatic hydroxyl groups is 1. The summed E-state index contributed by atoms with van der Waals surface area (Å²) in [5, 5.41) is 20.3. The van der Waals surface area contributed by atoms with Gasteiger partial charge in [0.2, 0.25) is 0 Å². The van der Waals surface area contributed by atoms with Crippen LogP contribution in [0.1, 0.15) is 23.5 Å². The number of amides is 1. The molecule has 244 valence electrons. The van der Waals surface area contributed by atoms with E-state index in [0.717, 1.165) is 42.1 Å². The molecule has 0 radical (unpaired) electrons. The van der Waals surface area contributed by atoms with Gasteiger partial charge in [-0.05, 0) is 41.8 Å². The molecule has 2 aliphatic heterocycles. The molecule has 2 aliphatic rings. The Hall–Kier alpha value is -3.13. The van der Waals surface area contributed by atoms with Crippen molar-refractivity contribution in [3.05, 3.63) is 53.6 Å². The summed E-state index contributed by atoms with van der Waals surface area (Å²) in [5.74, 6) is 1.23. The minimum absolute atomic E-state index is 0.00285. The number of aliphatic hydroxyl groups excluding tert-OH is 1. The van der Waals surface area contributed by atoms with E-state index in [4.69, 9.17) is 33.2 Å². The van der Waals surface area contributed by atoms with Gasteiger partial charge >= 0.3 is 6.09 Å². The number of rotatable bonds is 17. The lowest BCUT2D eigenvalue weighted by molar-refractivity contribution is -0.107. The van der Waals surface area contributed by atoms with Crippen molar-refractivity contribution in [1.82, 2.24) is 4.90 Å². The van der Waals surface area contributed by atoms with Crippen LogP contribution in [-0.2, 0) is 30.3 Å². The number of fused-ring (bicyclic) bond motifs is 1. The SMILES string of the molecule is COCCCN1CCOc2ccc(CO[C@H]3CN(C(=O)O)C[C@@H](OCC(O)COC)[C@@H]3c3ccc(OCCOC)cc3)cc21. The van der Waals surface area contributed by atoms with Crippen LogP contribution in [0.3, 0.4) is 0 Å². The summed E-state index contributed by atoms with van der Waals surface area (Å²) < 4.78 is 39.7. The van der Waals surface area contributed by atoms with E-state index >= 15 is 0 Å². The lowest BCUT2D eigenvalue weighted by Gasteiger charge is -2.43. The molecule has 4 atom stereocenters. The first-order valence-corrected chi connectivity index (χ1v) is 15.0. The van der Waals surface area contributed by atoms with E-state index < -0.39 is 24.4 Å². The van der Waals surface area contributed by atoms with Crippen molar-refractivity contribution in [1.29, 1.82) is 0 Å². The summed E-state index contributed by atoms with van der Waals surface area (Å²) in [6.07, 6.45) is -2.08. The number of likely N-dealkylation sites (tertiary alicyclic amines) is 1. The standard InChI is InChI=1S/C32H46N2O10/c1-38-13-4-11-33-12-14-42-28-10-5-23(17-27(28)33)20-43-29-18-34(32(36)37)19-30(44-22-25(35)21-40-3)31(29)24-6-8-26(9-7-24)41-16-15-39-2/h5-10,17,25,29-31,35H,4,11-16,18-22H2,1-3H3,(H,36,37)/t25?,29-,30+,31+/m0/s1. The van der Waals surface area contributed by atoms with Crippen LogP contribution in [0.5, 0.6) is 11.5 Å². The van der Waals surface area contributed by atoms with E-state index in [9.17, 15) is 15.0 Å². The number of benzene rings is 2. The minimum Gasteiger partial charge on any atom is -0.491 e. The first-order chi connectivity index (χ1) is 21.4. The highest BCUT2D eigenvalue weighted by Gasteiger charge is 2.41. The molecule has 1 fully saturated rings. The summed E-state index contributed by atoms with van der Waals surface area (Å²) in [6, 6.07) is 13.7. The summed E-state index contributed by atoms with van der Waals surface area (Å²) in [6.45, 7) is 4.54. The fraction of sp³-hybridized carbons (Fsp3) is 0.594. The third kappa shape index (κ3) is 9.43. The first kappa shape index (κ1) is 33.8. The van der Waals surface area contributed by atoms with E-state index in [2.05, 4.69) is 11.0 Å². The van der Waals surface area contributed by atoms with E-state index in [1.54, 1.807) is 14.2 Å². The molecule has 0 bridgehead atoms. The molecule has 0 saturated carbocycles. The van der Waals surface area contributed by atoms with Crippen LogP contribution < -0.4 is 14.4 Å². The summed E-state index contributed by atoms with van der Waals surface area (Å²) >= 11 is 0. The highest BCUT2D eigenvalue weighted by atomic mass is 16.5. The Labute approximate surface area is 259 Å². The molecule has 2 heterocycles. The normalized spacial score (nSPS) is 20.6. The van der Waals surface area contributed by atoms with E-state index in [1.165, 1.54) is 12.0 Å². The van der Waals surface area contributed by atoms with Gasteiger partial charge < -0.3 is 53.2 Å². The van der Waals surface area contributed by atoms with Crippen molar-refractivity contribution in [3.63, 3.8) is 0 Å². The third-order valence-electron chi connectivity index (χ3n) is 7.78. The highest BCUT2D eigenvalue weighted by molar-refractivity contribution is 5.65. The van der Waals surface area contributed by atoms with Gasteiger partial charge in [0.15, 0.2) is 0 Å². The topological polar surface area (TPSA) is 129 Å². The second kappa shape index (κ2) is 17.4. The monoisotopic (exact) mass is 618 g/mol. The Morgan fingerprint density at radius 1 is 0.955 bits per heavy atom. The van der Waals surface area contributed by atoms with Crippen LogP contribution in [0.2, 0.25) is 0 Å². The number of hydrogen-bond acceptors (Lipinski definition) is 10. The summed E-state index contributed by atoms with van der Waals surface area (Å²) in [7, 11) is 4.83. The zero-order chi connectivity index (χ0) is 31.3. The van der Waals surface area contributed by atoms with Crippen molar-refractivity contribution in [3.8, 4) is 11.5 Å². The molecule has 2 aromatic carbocycles. The maximum Gasteiger partial charge on any atom is 0.407 e. The Morgan fingerprint density at radius 2 is 1.70 bits per heavy atom. The van der Waals surface area contributed by atoms with Crippen molar-refractivity contribution in [2.24, 2.45) is 0 Å². The highest BCUT2D eigenvalue weighted by Crippen LogP contribution is 2.36. The molecule has 1 unspecified atom stereocenters. The number of carboxylic acid groups (broad SMARTS) is 1. The molecule has 0 aromatic heterocycles. The zero-order valence-corrected chi connectivity index (χ0v) is 25.9. The molecular weight excluding hydrogens is 572 g/mol. The molecule has 1 amide bonds. The molecule has 2 N–H and O–H groups in total. The van der Waals surface area contributed by atoms with Crippen LogP contribution in [0, 0.1) is 0 Å². The van der Waals surface area contributed by atoms with Gasteiger partial charge in [0.1, 0.15) is 30.8 Å². The quantitative estimate of drug-likeness (QED) is 0.254. The van der Waals surface area contributed by atoms with Crippen LogP contribution >= 0.6 is 0 Å². The number of nitrogens with zero attached hydrogens (tertiary/aromatic N) is 2. The fourth-order valence-electron chi connectivity index (χ4n) is 5.62. The van der Waals surface area contributed by atoms with Gasteiger partial charge in [-0.2, -0.15) is 0 Å². The van der Waals surface area contributed by atoms with E-state index in [0.29, 0.717) is 32.2 Å². The van der Waals surface area contributed by atoms with Gasteiger partial charge in [-0.1, -0.05) is 18.2 Å². The number of hydrogen-bond donors (Lipinski definition) is 2. The summed E-state index contributed by atoms with van der Waals surface area (Å²) in [4.78, 5) is 15.8. The third-order valence-corrected chi connectivity index (χ3v) is 7.78. The fourth-order valence-corrected chi connectivity index (χ4v) is 5.62. The number of anilines is 1. The zero-order valence-electron chi connectivity index (χ0n) is 25.9. The van der Waals surface area contributed by atoms with Crippen LogP contribution in [0.15, 0.2) is 42.5 Å². The second-order valence-electron chi connectivity index (χ2n) is 10.9. The average molecular weight is 619 g/mol. The Bertz CT molecular complexity index is 1150. The Morgan fingerprint density at radius 3 is 2.41 bits per heavy atom. The van der Waals surface area contributed by atoms with Crippen molar-refractivity contribution in [2.45, 2.75) is 37.3 Å².